The largest absolute Gasteiger partial charge is 0.401 e. The number of alkyl halides is 3. The fourth-order valence-corrected chi connectivity index (χ4v) is 1.34. The van der Waals surface area contributed by atoms with E-state index >= 15 is 0 Å². The molecule has 1 rings (SSSR count). The summed E-state index contributed by atoms with van der Waals surface area (Å²) < 4.78 is 74.5. The standard InChI is InChI=1S/C10H8F6N2O/c11-5-1-4(2-6(12)7(5)13)8(9(17)19)18-3-10(14,15)16/h1-2,8,18H,3H2,(H2,17,19). The number of amides is 1. The number of rotatable bonds is 4. The van der Waals surface area contributed by atoms with Crippen LogP contribution in [0.2, 0.25) is 0 Å². The van der Waals surface area contributed by atoms with Crippen molar-refractivity contribution in [3.05, 3.63) is 35.1 Å². The Kier molecular flexibility index (Phi) is 4.40. The van der Waals surface area contributed by atoms with Crippen LogP contribution in [0.5, 0.6) is 0 Å². The zero-order valence-electron chi connectivity index (χ0n) is 9.19. The van der Waals surface area contributed by atoms with E-state index in [1.165, 1.54) is 0 Å². The number of nitrogens with one attached hydrogen (secondary N) is 1. The third-order valence-electron chi connectivity index (χ3n) is 2.13. The fraction of sp³-hybridized carbons (Fsp3) is 0.300. The van der Waals surface area contributed by atoms with Gasteiger partial charge in [0, 0.05) is 0 Å². The molecule has 0 aromatic heterocycles. The molecule has 0 aliphatic heterocycles. The highest BCUT2D eigenvalue weighted by Crippen LogP contribution is 2.21. The Morgan fingerprint density at radius 1 is 1.21 bits per heavy atom. The first-order valence-electron chi connectivity index (χ1n) is 4.85. The van der Waals surface area contributed by atoms with Gasteiger partial charge in [-0.2, -0.15) is 13.2 Å². The van der Waals surface area contributed by atoms with Gasteiger partial charge in [0.15, 0.2) is 17.5 Å². The maximum Gasteiger partial charge on any atom is 0.401 e. The van der Waals surface area contributed by atoms with Gasteiger partial charge in [-0.1, -0.05) is 0 Å². The lowest BCUT2D eigenvalue weighted by Gasteiger charge is -2.17. The summed E-state index contributed by atoms with van der Waals surface area (Å²) in [5, 5.41) is 1.69. The molecular weight excluding hydrogens is 278 g/mol. The first-order valence-corrected chi connectivity index (χ1v) is 4.85. The minimum Gasteiger partial charge on any atom is -0.368 e. The Morgan fingerprint density at radius 2 is 1.68 bits per heavy atom. The van der Waals surface area contributed by atoms with E-state index in [1.54, 1.807) is 5.32 Å². The van der Waals surface area contributed by atoms with Crippen molar-refractivity contribution >= 4 is 5.91 Å². The second-order valence-corrected chi connectivity index (χ2v) is 3.63. The highest BCUT2D eigenvalue weighted by atomic mass is 19.4. The van der Waals surface area contributed by atoms with Crippen LogP contribution in [0.4, 0.5) is 26.3 Å². The van der Waals surface area contributed by atoms with Crippen molar-refractivity contribution < 1.29 is 31.1 Å². The molecule has 3 nitrogen and oxygen atoms in total. The molecule has 0 aliphatic rings. The molecule has 0 saturated heterocycles. The molecule has 1 aromatic rings. The SMILES string of the molecule is NC(=O)C(NCC(F)(F)F)c1cc(F)c(F)c(F)c1. The van der Waals surface area contributed by atoms with E-state index in [2.05, 4.69) is 0 Å². The number of nitrogens with two attached hydrogens (primary N) is 1. The van der Waals surface area contributed by atoms with Crippen LogP contribution < -0.4 is 11.1 Å². The average Bonchev–Trinajstić information content (AvgIpc) is 2.23. The number of carbonyl (C=O) groups is 1. The third kappa shape index (κ3) is 4.12. The van der Waals surface area contributed by atoms with E-state index in [-0.39, 0.29) is 0 Å². The molecule has 1 amide bonds. The predicted molar refractivity (Wildman–Crippen MR) is 52.3 cm³/mol. The monoisotopic (exact) mass is 286 g/mol. The number of benzene rings is 1. The molecule has 3 N–H and O–H groups in total. The second kappa shape index (κ2) is 5.47. The number of hydrogen-bond donors (Lipinski definition) is 2. The summed E-state index contributed by atoms with van der Waals surface area (Å²) in [6, 6.07) is -0.986. The van der Waals surface area contributed by atoms with E-state index in [9.17, 15) is 31.1 Å². The highest BCUT2D eigenvalue weighted by Gasteiger charge is 2.30. The third-order valence-corrected chi connectivity index (χ3v) is 2.13. The van der Waals surface area contributed by atoms with Crippen molar-refractivity contribution in [2.45, 2.75) is 12.2 Å². The van der Waals surface area contributed by atoms with Crippen LogP contribution in [-0.4, -0.2) is 18.6 Å². The van der Waals surface area contributed by atoms with Crippen LogP contribution in [0.3, 0.4) is 0 Å². The normalized spacial score (nSPS) is 13.4. The smallest absolute Gasteiger partial charge is 0.368 e. The first-order chi connectivity index (χ1) is 8.61. The molecule has 1 unspecified atom stereocenters. The summed E-state index contributed by atoms with van der Waals surface area (Å²) in [5.41, 5.74) is 4.29. The molecule has 0 heterocycles. The summed E-state index contributed by atoms with van der Waals surface area (Å²) >= 11 is 0. The molecule has 0 fully saturated rings. The zero-order valence-corrected chi connectivity index (χ0v) is 9.19. The minimum atomic E-state index is -4.65. The molecule has 0 spiro atoms. The zero-order chi connectivity index (χ0) is 14.8. The van der Waals surface area contributed by atoms with Gasteiger partial charge in [-0.25, -0.2) is 13.2 Å². The molecule has 0 saturated carbocycles. The van der Waals surface area contributed by atoms with E-state index in [4.69, 9.17) is 5.73 Å². The van der Waals surface area contributed by atoms with E-state index in [0.717, 1.165) is 0 Å². The van der Waals surface area contributed by atoms with Crippen molar-refractivity contribution in [3.63, 3.8) is 0 Å². The van der Waals surface area contributed by atoms with Gasteiger partial charge in [-0.3, -0.25) is 10.1 Å². The van der Waals surface area contributed by atoms with Gasteiger partial charge in [0.2, 0.25) is 5.91 Å². The number of primary amides is 1. The van der Waals surface area contributed by atoms with E-state index in [0.29, 0.717) is 12.1 Å². The lowest BCUT2D eigenvalue weighted by atomic mass is 10.1. The summed E-state index contributed by atoms with van der Waals surface area (Å²) in [4.78, 5) is 11.0. The van der Waals surface area contributed by atoms with Crippen molar-refractivity contribution in [1.29, 1.82) is 0 Å². The van der Waals surface area contributed by atoms with E-state index in [1.807, 2.05) is 0 Å². The minimum absolute atomic E-state index is 0.400. The molecule has 0 aliphatic carbocycles. The van der Waals surface area contributed by atoms with E-state index < -0.39 is 47.7 Å². The molecule has 106 valence electrons. The fourth-order valence-electron chi connectivity index (χ4n) is 1.34. The molecule has 1 aromatic carbocycles. The van der Waals surface area contributed by atoms with Crippen LogP contribution in [0.25, 0.3) is 0 Å². The molecule has 19 heavy (non-hydrogen) atoms. The van der Waals surface area contributed by atoms with Crippen LogP contribution in [0.1, 0.15) is 11.6 Å². The number of hydrogen-bond acceptors (Lipinski definition) is 2. The van der Waals surface area contributed by atoms with Crippen LogP contribution >= 0.6 is 0 Å². The Balaban J connectivity index is 3.03. The lowest BCUT2D eigenvalue weighted by molar-refractivity contribution is -0.130. The topological polar surface area (TPSA) is 55.1 Å². The maximum absolute atomic E-state index is 12.9. The summed E-state index contributed by atoms with van der Waals surface area (Å²) in [5.74, 6) is -6.33. The van der Waals surface area contributed by atoms with Crippen molar-refractivity contribution in [2.75, 3.05) is 6.54 Å². The number of halogens is 6. The molecule has 9 heteroatoms. The van der Waals surface area contributed by atoms with Gasteiger partial charge in [0.25, 0.3) is 0 Å². The Morgan fingerprint density at radius 3 is 2.05 bits per heavy atom. The quantitative estimate of drug-likeness (QED) is 0.655. The van der Waals surface area contributed by atoms with Crippen LogP contribution in [0.15, 0.2) is 12.1 Å². The Hall–Kier alpha value is -1.77. The van der Waals surface area contributed by atoms with Gasteiger partial charge in [-0.15, -0.1) is 0 Å². The molecule has 0 bridgehead atoms. The first kappa shape index (κ1) is 15.3. The highest BCUT2D eigenvalue weighted by molar-refractivity contribution is 5.81. The Labute approximate surface area is 103 Å². The van der Waals surface area contributed by atoms with Crippen LogP contribution in [0, 0.1) is 17.5 Å². The predicted octanol–water partition coefficient (Wildman–Crippen LogP) is 1.78. The van der Waals surface area contributed by atoms with Gasteiger partial charge >= 0.3 is 6.18 Å². The van der Waals surface area contributed by atoms with Gasteiger partial charge in [-0.05, 0) is 17.7 Å². The summed E-state index contributed by atoms with van der Waals surface area (Å²) in [6.07, 6.45) is -4.65. The van der Waals surface area contributed by atoms with Crippen molar-refractivity contribution in [3.8, 4) is 0 Å². The van der Waals surface area contributed by atoms with Gasteiger partial charge in [0.1, 0.15) is 6.04 Å². The van der Waals surface area contributed by atoms with Crippen LogP contribution in [-0.2, 0) is 4.79 Å². The molecule has 0 radical (unpaired) electrons. The maximum atomic E-state index is 12.9. The molecular formula is C10H8F6N2O. The lowest BCUT2D eigenvalue weighted by Crippen LogP contribution is -2.39. The van der Waals surface area contributed by atoms with Crippen molar-refractivity contribution in [1.82, 2.24) is 5.32 Å². The average molecular weight is 286 g/mol. The summed E-state index contributed by atoms with van der Waals surface area (Å²) in [6.45, 7) is -1.60. The van der Waals surface area contributed by atoms with Crippen molar-refractivity contribution in [2.24, 2.45) is 5.73 Å². The second-order valence-electron chi connectivity index (χ2n) is 3.63. The molecule has 1 atom stereocenters. The Bertz CT molecular complexity index is 464. The van der Waals surface area contributed by atoms with Gasteiger partial charge < -0.3 is 5.73 Å². The van der Waals surface area contributed by atoms with Gasteiger partial charge in [0.05, 0.1) is 6.54 Å². The number of carbonyl (C=O) groups excluding carboxylic acids is 1. The summed E-state index contributed by atoms with van der Waals surface area (Å²) in [7, 11) is 0.